The van der Waals surface area contributed by atoms with Crippen LogP contribution in [0.1, 0.15) is 24.0 Å². The van der Waals surface area contributed by atoms with Crippen molar-refractivity contribution in [3.8, 4) is 0 Å². The van der Waals surface area contributed by atoms with E-state index in [1.807, 2.05) is 18.2 Å². The lowest BCUT2D eigenvalue weighted by Crippen LogP contribution is -2.28. The summed E-state index contributed by atoms with van der Waals surface area (Å²) in [7, 11) is 0. The van der Waals surface area contributed by atoms with E-state index in [0.717, 1.165) is 18.4 Å². The van der Waals surface area contributed by atoms with Gasteiger partial charge in [0.1, 0.15) is 0 Å². The second-order valence-electron chi connectivity index (χ2n) is 5.10. The van der Waals surface area contributed by atoms with Crippen molar-refractivity contribution in [1.82, 2.24) is 4.98 Å². The number of hydrogen-bond acceptors (Lipinski definition) is 2. The van der Waals surface area contributed by atoms with E-state index in [2.05, 4.69) is 29.2 Å². The van der Waals surface area contributed by atoms with Crippen LogP contribution in [-0.2, 0) is 11.8 Å². The maximum absolute atomic E-state index is 10.5. The Morgan fingerprint density at radius 3 is 2.33 bits per heavy atom. The Morgan fingerprint density at radius 2 is 1.72 bits per heavy atom. The molecule has 2 aromatic rings. The topological polar surface area (TPSA) is 33.1 Å². The first-order valence-electron chi connectivity index (χ1n) is 6.44. The zero-order chi connectivity index (χ0) is 12.4. The van der Waals surface area contributed by atoms with Gasteiger partial charge in [-0.1, -0.05) is 30.3 Å². The van der Waals surface area contributed by atoms with Crippen LogP contribution in [-0.4, -0.2) is 16.2 Å². The van der Waals surface area contributed by atoms with Gasteiger partial charge in [-0.3, -0.25) is 4.98 Å². The first kappa shape index (κ1) is 11.4. The molecule has 0 aliphatic heterocycles. The number of aliphatic hydroxyl groups is 1. The molecule has 1 aliphatic carbocycles. The van der Waals surface area contributed by atoms with Gasteiger partial charge in [0.2, 0.25) is 0 Å². The maximum atomic E-state index is 10.5. The molecule has 0 saturated heterocycles. The standard InChI is InChI=1S/C16H17NO/c18-15(12-13-6-10-17-11-7-13)16(8-9-16)14-4-2-1-3-5-14/h1-7,10-11,15,18H,8-9,12H2. The van der Waals surface area contributed by atoms with E-state index in [1.54, 1.807) is 12.4 Å². The molecule has 18 heavy (non-hydrogen) atoms. The fourth-order valence-corrected chi connectivity index (χ4v) is 2.66. The summed E-state index contributed by atoms with van der Waals surface area (Å²) in [6.45, 7) is 0. The van der Waals surface area contributed by atoms with Crippen LogP contribution in [0.25, 0.3) is 0 Å². The average Bonchev–Trinajstić information content (AvgIpc) is 3.22. The van der Waals surface area contributed by atoms with Crippen LogP contribution in [0.15, 0.2) is 54.9 Å². The minimum absolute atomic E-state index is 0.00939. The Morgan fingerprint density at radius 1 is 1.06 bits per heavy atom. The number of pyridine rings is 1. The molecule has 1 fully saturated rings. The summed E-state index contributed by atoms with van der Waals surface area (Å²) in [4.78, 5) is 4.01. The Hall–Kier alpha value is -1.67. The summed E-state index contributed by atoms with van der Waals surface area (Å²) in [6, 6.07) is 14.3. The fourth-order valence-electron chi connectivity index (χ4n) is 2.66. The molecule has 0 spiro atoms. The third-order valence-electron chi connectivity index (χ3n) is 3.95. The summed E-state index contributed by atoms with van der Waals surface area (Å²) < 4.78 is 0. The lowest BCUT2D eigenvalue weighted by Gasteiger charge is -2.22. The van der Waals surface area contributed by atoms with Crippen molar-refractivity contribution in [1.29, 1.82) is 0 Å². The summed E-state index contributed by atoms with van der Waals surface area (Å²) in [5, 5.41) is 10.5. The van der Waals surface area contributed by atoms with Gasteiger partial charge in [0, 0.05) is 17.8 Å². The second kappa shape index (κ2) is 4.54. The largest absolute Gasteiger partial charge is 0.392 e. The van der Waals surface area contributed by atoms with E-state index >= 15 is 0 Å². The first-order valence-corrected chi connectivity index (χ1v) is 6.44. The average molecular weight is 239 g/mol. The lowest BCUT2D eigenvalue weighted by molar-refractivity contribution is 0.131. The second-order valence-corrected chi connectivity index (χ2v) is 5.10. The number of nitrogens with zero attached hydrogens (tertiary/aromatic N) is 1. The number of benzene rings is 1. The Kier molecular flexibility index (Phi) is 2.88. The molecular weight excluding hydrogens is 222 g/mol. The quantitative estimate of drug-likeness (QED) is 0.890. The molecule has 1 heterocycles. The zero-order valence-corrected chi connectivity index (χ0v) is 10.3. The molecule has 1 atom stereocenters. The van der Waals surface area contributed by atoms with Crippen LogP contribution in [0.4, 0.5) is 0 Å². The number of aromatic nitrogens is 1. The molecule has 2 heteroatoms. The minimum atomic E-state index is -0.303. The lowest BCUT2D eigenvalue weighted by atomic mass is 9.87. The highest BCUT2D eigenvalue weighted by Gasteiger charge is 2.49. The number of rotatable bonds is 4. The van der Waals surface area contributed by atoms with Gasteiger partial charge in [-0.15, -0.1) is 0 Å². The molecule has 2 nitrogen and oxygen atoms in total. The predicted molar refractivity (Wildman–Crippen MR) is 71.3 cm³/mol. The highest BCUT2D eigenvalue weighted by atomic mass is 16.3. The van der Waals surface area contributed by atoms with Crippen LogP contribution >= 0.6 is 0 Å². The molecule has 1 saturated carbocycles. The van der Waals surface area contributed by atoms with Crippen molar-refractivity contribution >= 4 is 0 Å². The van der Waals surface area contributed by atoms with Crippen molar-refractivity contribution < 1.29 is 5.11 Å². The zero-order valence-electron chi connectivity index (χ0n) is 10.3. The van der Waals surface area contributed by atoms with Crippen LogP contribution in [0.2, 0.25) is 0 Å². The summed E-state index contributed by atoms with van der Waals surface area (Å²) >= 11 is 0. The van der Waals surface area contributed by atoms with Crippen molar-refractivity contribution in [2.75, 3.05) is 0 Å². The Labute approximate surface area is 107 Å². The van der Waals surface area contributed by atoms with Gasteiger partial charge in [-0.05, 0) is 42.5 Å². The fraction of sp³-hybridized carbons (Fsp3) is 0.312. The Balaban J connectivity index is 1.79. The van der Waals surface area contributed by atoms with E-state index in [4.69, 9.17) is 0 Å². The maximum Gasteiger partial charge on any atom is 0.0677 e. The molecule has 1 aromatic heterocycles. The number of aliphatic hydroxyl groups excluding tert-OH is 1. The Bertz CT molecular complexity index is 505. The highest BCUT2D eigenvalue weighted by molar-refractivity contribution is 5.34. The van der Waals surface area contributed by atoms with Gasteiger partial charge in [0.25, 0.3) is 0 Å². The van der Waals surface area contributed by atoms with Crippen molar-refractivity contribution in [3.63, 3.8) is 0 Å². The van der Waals surface area contributed by atoms with Crippen molar-refractivity contribution in [2.24, 2.45) is 0 Å². The smallest absolute Gasteiger partial charge is 0.0677 e. The van der Waals surface area contributed by atoms with Crippen LogP contribution in [0.5, 0.6) is 0 Å². The molecule has 1 aliphatic rings. The molecule has 1 unspecified atom stereocenters. The van der Waals surface area contributed by atoms with Gasteiger partial charge < -0.3 is 5.11 Å². The summed E-state index contributed by atoms with van der Waals surface area (Å²) in [5.74, 6) is 0. The van der Waals surface area contributed by atoms with Crippen LogP contribution in [0, 0.1) is 0 Å². The molecular formula is C16H17NO. The molecule has 0 bridgehead atoms. The molecule has 1 N–H and O–H groups in total. The van der Waals surface area contributed by atoms with Gasteiger partial charge >= 0.3 is 0 Å². The van der Waals surface area contributed by atoms with E-state index in [0.29, 0.717) is 6.42 Å². The molecule has 0 amide bonds. The molecule has 0 radical (unpaired) electrons. The van der Waals surface area contributed by atoms with Crippen molar-refractivity contribution in [2.45, 2.75) is 30.8 Å². The van der Waals surface area contributed by atoms with E-state index < -0.39 is 0 Å². The normalized spacial score (nSPS) is 18.3. The van der Waals surface area contributed by atoms with Gasteiger partial charge in [0.15, 0.2) is 0 Å². The summed E-state index contributed by atoms with van der Waals surface area (Å²) in [6.07, 6.45) is 6.14. The van der Waals surface area contributed by atoms with E-state index in [1.165, 1.54) is 5.56 Å². The van der Waals surface area contributed by atoms with Crippen LogP contribution < -0.4 is 0 Å². The molecule has 1 aromatic carbocycles. The molecule has 3 rings (SSSR count). The third-order valence-corrected chi connectivity index (χ3v) is 3.95. The first-order chi connectivity index (χ1) is 8.81. The highest BCUT2D eigenvalue weighted by Crippen LogP contribution is 2.51. The monoisotopic (exact) mass is 239 g/mol. The van der Waals surface area contributed by atoms with Gasteiger partial charge in [0.05, 0.1) is 6.10 Å². The minimum Gasteiger partial charge on any atom is -0.392 e. The third kappa shape index (κ3) is 2.04. The SMILES string of the molecule is OC(Cc1ccncc1)C1(c2ccccc2)CC1. The molecule has 92 valence electrons. The predicted octanol–water partition coefficient (Wildman–Crippen LogP) is 2.72. The van der Waals surface area contributed by atoms with Gasteiger partial charge in [-0.2, -0.15) is 0 Å². The van der Waals surface area contributed by atoms with E-state index in [9.17, 15) is 5.11 Å². The van der Waals surface area contributed by atoms with Crippen LogP contribution in [0.3, 0.4) is 0 Å². The summed E-state index contributed by atoms with van der Waals surface area (Å²) in [5.41, 5.74) is 2.41. The van der Waals surface area contributed by atoms with E-state index in [-0.39, 0.29) is 11.5 Å². The van der Waals surface area contributed by atoms with Crippen molar-refractivity contribution in [3.05, 3.63) is 66.0 Å². The number of hydrogen-bond donors (Lipinski definition) is 1. The van der Waals surface area contributed by atoms with Gasteiger partial charge in [-0.25, -0.2) is 0 Å².